The summed E-state index contributed by atoms with van der Waals surface area (Å²) in [4.78, 5) is 29.2. The molecule has 0 bridgehead atoms. The SMILES string of the molecule is COc1cc(C(=O)N(CCCc2ccccc2)Cc2ccc(CC(=O)NS(=O)(=O)CCO)s2)cc(OC)c1C. The standard InChI is InChI=1S/C28H34N2O7S2/c1-20-25(36-2)16-22(17-26(20)37-3)28(33)30(13-7-10-21-8-5-4-6-9-21)19-24-12-11-23(38-24)18-27(32)29-39(34,35)15-14-31/h4-6,8-9,11-12,16-17,31H,7,10,13-15,18-19H2,1-3H3,(H,29,32). The number of nitrogens with zero attached hydrogens (tertiary/aromatic N) is 1. The van der Waals surface area contributed by atoms with Crippen molar-refractivity contribution in [3.63, 3.8) is 0 Å². The second-order valence-electron chi connectivity index (χ2n) is 8.93. The lowest BCUT2D eigenvalue weighted by molar-refractivity contribution is -0.118. The second kappa shape index (κ2) is 14.1. The first-order valence-electron chi connectivity index (χ1n) is 12.4. The molecule has 1 heterocycles. The zero-order valence-electron chi connectivity index (χ0n) is 22.3. The first-order chi connectivity index (χ1) is 18.7. The Morgan fingerprint density at radius 2 is 1.64 bits per heavy atom. The summed E-state index contributed by atoms with van der Waals surface area (Å²) in [7, 11) is -0.776. The number of ether oxygens (including phenoxy) is 2. The van der Waals surface area contributed by atoms with Crippen LogP contribution in [-0.2, 0) is 34.2 Å². The van der Waals surface area contributed by atoms with Crippen molar-refractivity contribution in [2.45, 2.75) is 32.7 Å². The minimum atomic E-state index is -3.87. The summed E-state index contributed by atoms with van der Waals surface area (Å²) in [5.41, 5.74) is 2.43. The highest BCUT2D eigenvalue weighted by molar-refractivity contribution is 7.90. The van der Waals surface area contributed by atoms with Gasteiger partial charge in [-0.25, -0.2) is 8.42 Å². The van der Waals surface area contributed by atoms with Crippen LogP contribution in [0, 0.1) is 6.92 Å². The lowest BCUT2D eigenvalue weighted by atomic mass is 10.1. The van der Waals surface area contributed by atoms with Crippen LogP contribution >= 0.6 is 11.3 Å². The number of sulfonamides is 1. The van der Waals surface area contributed by atoms with E-state index < -0.39 is 28.3 Å². The fourth-order valence-corrected chi connectivity index (χ4v) is 5.89. The second-order valence-corrected chi connectivity index (χ2v) is 12.0. The predicted octanol–water partition coefficient (Wildman–Crippen LogP) is 3.33. The van der Waals surface area contributed by atoms with Crippen molar-refractivity contribution in [1.82, 2.24) is 9.62 Å². The number of aliphatic hydroxyl groups excluding tert-OH is 1. The van der Waals surface area contributed by atoms with Gasteiger partial charge < -0.3 is 19.5 Å². The number of hydrogen-bond acceptors (Lipinski definition) is 8. The molecule has 210 valence electrons. The van der Waals surface area contributed by atoms with Gasteiger partial charge in [0.05, 0.1) is 39.5 Å². The first-order valence-corrected chi connectivity index (χ1v) is 14.9. The molecule has 1 aromatic heterocycles. The molecule has 0 aliphatic carbocycles. The predicted molar refractivity (Wildman–Crippen MR) is 151 cm³/mol. The van der Waals surface area contributed by atoms with Crippen LogP contribution in [0.15, 0.2) is 54.6 Å². The third kappa shape index (κ3) is 8.81. The van der Waals surface area contributed by atoms with Gasteiger partial charge in [-0.1, -0.05) is 30.3 Å². The normalized spacial score (nSPS) is 11.2. The van der Waals surface area contributed by atoms with Crippen molar-refractivity contribution in [2.75, 3.05) is 33.1 Å². The average Bonchev–Trinajstić information content (AvgIpc) is 3.34. The Kier molecular flexibility index (Phi) is 10.9. The molecule has 2 amide bonds. The lowest BCUT2D eigenvalue weighted by Gasteiger charge is -2.23. The quantitative estimate of drug-likeness (QED) is 0.303. The van der Waals surface area contributed by atoms with Gasteiger partial charge in [-0.15, -0.1) is 11.3 Å². The minimum Gasteiger partial charge on any atom is -0.496 e. The van der Waals surface area contributed by atoms with Crippen LogP contribution in [0.2, 0.25) is 0 Å². The van der Waals surface area contributed by atoms with Crippen molar-refractivity contribution in [1.29, 1.82) is 0 Å². The monoisotopic (exact) mass is 574 g/mol. The number of carbonyl (C=O) groups excluding carboxylic acids is 2. The van der Waals surface area contributed by atoms with Crippen LogP contribution in [0.1, 0.15) is 37.7 Å². The molecular formula is C28H34N2O7S2. The van der Waals surface area contributed by atoms with E-state index in [9.17, 15) is 18.0 Å². The molecule has 11 heteroatoms. The van der Waals surface area contributed by atoms with E-state index in [1.165, 1.54) is 16.9 Å². The number of aryl methyl sites for hydroxylation is 1. The molecule has 0 aliphatic heterocycles. The Morgan fingerprint density at radius 3 is 2.26 bits per heavy atom. The van der Waals surface area contributed by atoms with Crippen LogP contribution in [-0.4, -0.2) is 63.4 Å². The Bertz CT molecular complexity index is 1350. The fraction of sp³-hybridized carbons (Fsp3) is 0.357. The summed E-state index contributed by atoms with van der Waals surface area (Å²) >= 11 is 1.34. The van der Waals surface area contributed by atoms with E-state index in [2.05, 4.69) is 12.1 Å². The van der Waals surface area contributed by atoms with Gasteiger partial charge >= 0.3 is 0 Å². The number of rotatable bonds is 14. The maximum Gasteiger partial charge on any atom is 0.254 e. The summed E-state index contributed by atoms with van der Waals surface area (Å²) in [5.74, 6) is -0.276. The maximum atomic E-state index is 13.7. The molecule has 0 unspecified atom stereocenters. The first kappa shape index (κ1) is 30.1. The van der Waals surface area contributed by atoms with Crippen LogP contribution < -0.4 is 14.2 Å². The number of benzene rings is 2. The van der Waals surface area contributed by atoms with Gasteiger partial charge in [-0.05, 0) is 49.6 Å². The summed E-state index contributed by atoms with van der Waals surface area (Å²) in [6.45, 7) is 2.11. The Hall–Kier alpha value is -3.41. The van der Waals surface area contributed by atoms with Gasteiger partial charge in [0.1, 0.15) is 11.5 Å². The van der Waals surface area contributed by atoms with Gasteiger partial charge in [0, 0.05) is 27.4 Å². The zero-order chi connectivity index (χ0) is 28.4. The molecule has 2 aromatic carbocycles. The molecule has 0 atom stereocenters. The highest BCUT2D eigenvalue weighted by Gasteiger charge is 2.21. The summed E-state index contributed by atoms with van der Waals surface area (Å²) in [5, 5.41) is 8.84. The van der Waals surface area contributed by atoms with E-state index >= 15 is 0 Å². The molecule has 2 N–H and O–H groups in total. The van der Waals surface area contributed by atoms with Crippen molar-refractivity contribution in [2.24, 2.45) is 0 Å². The average molecular weight is 575 g/mol. The van der Waals surface area contributed by atoms with Crippen LogP contribution in [0.5, 0.6) is 11.5 Å². The van der Waals surface area contributed by atoms with Crippen LogP contribution in [0.4, 0.5) is 0 Å². The van der Waals surface area contributed by atoms with Gasteiger partial charge in [-0.2, -0.15) is 0 Å². The topological polar surface area (TPSA) is 122 Å². The maximum absolute atomic E-state index is 13.7. The summed E-state index contributed by atoms with van der Waals surface area (Å²) in [6, 6.07) is 17.1. The van der Waals surface area contributed by atoms with Crippen molar-refractivity contribution in [3.8, 4) is 11.5 Å². The number of methoxy groups -OCH3 is 2. The number of hydrogen-bond donors (Lipinski definition) is 2. The van der Waals surface area contributed by atoms with E-state index in [1.807, 2.05) is 35.9 Å². The molecule has 3 rings (SSSR count). The highest BCUT2D eigenvalue weighted by Crippen LogP contribution is 2.30. The van der Waals surface area contributed by atoms with Crippen molar-refractivity contribution >= 4 is 33.2 Å². The number of thiophene rings is 1. The molecule has 0 saturated heterocycles. The summed E-state index contributed by atoms with van der Waals surface area (Å²) < 4.78 is 36.4. The molecule has 0 saturated carbocycles. The Morgan fingerprint density at radius 1 is 1.00 bits per heavy atom. The number of aliphatic hydroxyl groups is 1. The number of nitrogens with one attached hydrogen (secondary N) is 1. The van der Waals surface area contributed by atoms with Gasteiger partial charge in [-0.3, -0.25) is 14.3 Å². The van der Waals surface area contributed by atoms with E-state index in [0.717, 1.165) is 23.3 Å². The number of amides is 2. The summed E-state index contributed by atoms with van der Waals surface area (Å²) in [6.07, 6.45) is 1.44. The molecule has 0 spiro atoms. The van der Waals surface area contributed by atoms with Crippen molar-refractivity contribution < 1.29 is 32.6 Å². The highest BCUT2D eigenvalue weighted by atomic mass is 32.2. The molecule has 0 aliphatic rings. The van der Waals surface area contributed by atoms with Gasteiger partial charge in [0.2, 0.25) is 15.9 Å². The molecule has 0 radical (unpaired) electrons. The molecule has 0 fully saturated rings. The van der Waals surface area contributed by atoms with Gasteiger partial charge in [0.25, 0.3) is 5.91 Å². The smallest absolute Gasteiger partial charge is 0.254 e. The lowest BCUT2D eigenvalue weighted by Crippen LogP contribution is -2.34. The molecule has 9 nitrogen and oxygen atoms in total. The van der Waals surface area contributed by atoms with Crippen LogP contribution in [0.3, 0.4) is 0 Å². The van der Waals surface area contributed by atoms with Gasteiger partial charge in [0.15, 0.2) is 0 Å². The van der Waals surface area contributed by atoms with Crippen LogP contribution in [0.25, 0.3) is 0 Å². The molecule has 39 heavy (non-hydrogen) atoms. The largest absolute Gasteiger partial charge is 0.496 e. The Balaban J connectivity index is 1.78. The zero-order valence-corrected chi connectivity index (χ0v) is 23.9. The van der Waals surface area contributed by atoms with E-state index in [4.69, 9.17) is 14.6 Å². The van der Waals surface area contributed by atoms with E-state index in [0.29, 0.717) is 35.0 Å². The molecule has 3 aromatic rings. The van der Waals surface area contributed by atoms with Crippen molar-refractivity contribution in [3.05, 3.63) is 81.0 Å². The van der Waals surface area contributed by atoms with E-state index in [-0.39, 0.29) is 12.3 Å². The molecular weight excluding hydrogens is 540 g/mol. The third-order valence-electron chi connectivity index (χ3n) is 6.05. The number of carbonyl (C=O) groups is 2. The third-order valence-corrected chi connectivity index (χ3v) is 8.38. The Labute approximate surface area is 233 Å². The van der Waals surface area contributed by atoms with E-state index in [1.54, 1.807) is 37.3 Å². The fourth-order valence-electron chi connectivity index (χ4n) is 4.09. The minimum absolute atomic E-state index is 0.121.